The molecule has 4 aliphatic rings. The van der Waals surface area contributed by atoms with E-state index in [1.54, 1.807) is 35.2 Å². The topological polar surface area (TPSA) is 182 Å². The van der Waals surface area contributed by atoms with Crippen LogP contribution in [0.3, 0.4) is 0 Å². The number of hydrogen-bond acceptors (Lipinski definition) is 13. The summed E-state index contributed by atoms with van der Waals surface area (Å²) in [6.45, 7) is 24.1. The number of benzene rings is 1. The van der Waals surface area contributed by atoms with Crippen molar-refractivity contribution < 1.29 is 62.2 Å². The van der Waals surface area contributed by atoms with Gasteiger partial charge in [0.05, 0.1) is 31.0 Å². The van der Waals surface area contributed by atoms with Gasteiger partial charge in [-0.05, 0) is 138 Å². The molecule has 14 atom stereocenters. The van der Waals surface area contributed by atoms with Gasteiger partial charge in [-0.2, -0.15) is 0 Å². The van der Waals surface area contributed by atoms with Crippen molar-refractivity contribution in [2.75, 3.05) is 34.5 Å². The minimum Gasteiger partial charge on any atom is -0.488 e. The largest absolute Gasteiger partial charge is 0.488 e. The molecule has 1 aromatic carbocycles. The summed E-state index contributed by atoms with van der Waals surface area (Å²) in [7, 11) is 2.91. The van der Waals surface area contributed by atoms with E-state index in [1.807, 2.05) is 32.9 Å². The van der Waals surface area contributed by atoms with E-state index in [2.05, 4.69) is 75.8 Å². The lowest BCUT2D eigenvalue weighted by molar-refractivity contribution is -0.302. The molecule has 2 N–H and O–H groups in total. The van der Waals surface area contributed by atoms with E-state index >= 15 is 0 Å². The molecule has 75 heavy (non-hydrogen) atoms. The molecule has 1 aromatic heterocycles. The second kappa shape index (κ2) is 25.8. The number of carbonyl (C=O) groups is 4. The molecule has 1 amide bonds. The van der Waals surface area contributed by atoms with Gasteiger partial charge in [-0.3, -0.25) is 14.4 Å². The van der Waals surface area contributed by atoms with Crippen LogP contribution >= 0.6 is 0 Å². The number of methoxy groups -OCH3 is 3. The van der Waals surface area contributed by atoms with Gasteiger partial charge in [-0.25, -0.2) is 4.79 Å². The van der Waals surface area contributed by atoms with Crippen molar-refractivity contribution in [1.82, 2.24) is 9.47 Å². The third-order valence-corrected chi connectivity index (χ3v) is 22.0. The smallest absolute Gasteiger partial charge is 0.329 e. The van der Waals surface area contributed by atoms with Gasteiger partial charge in [-0.15, -0.1) is 0 Å². The zero-order valence-corrected chi connectivity index (χ0v) is 48.7. The molecule has 16 heteroatoms. The number of nitrogens with zero attached hydrogens (tertiary/aromatic N) is 2. The number of aliphatic hydroxyl groups excluding tert-OH is 1. The molecule has 3 aliphatic heterocycles. The first kappa shape index (κ1) is 60.5. The second-order valence-corrected chi connectivity index (χ2v) is 28.9. The number of aromatic nitrogens is 1. The molecule has 6 rings (SSSR count). The van der Waals surface area contributed by atoms with Gasteiger partial charge in [-0.1, -0.05) is 66.2 Å². The summed E-state index contributed by atoms with van der Waals surface area (Å²) < 4.78 is 46.0. The fraction of sp³-hybridized carbons (Fsp3) is 0.729. The van der Waals surface area contributed by atoms with Gasteiger partial charge in [0, 0.05) is 75.7 Å². The first-order valence-corrected chi connectivity index (χ1v) is 30.8. The van der Waals surface area contributed by atoms with E-state index in [9.17, 15) is 29.4 Å². The normalized spacial score (nSPS) is 34.6. The van der Waals surface area contributed by atoms with Crippen molar-refractivity contribution in [2.24, 2.45) is 29.6 Å². The molecule has 2 saturated heterocycles. The lowest BCUT2D eigenvalue weighted by Crippen LogP contribution is -2.64. The van der Waals surface area contributed by atoms with Crippen LogP contribution < -0.4 is 4.74 Å². The summed E-state index contributed by atoms with van der Waals surface area (Å²) in [5, 5.41) is 25.4. The molecule has 1 unspecified atom stereocenters. The Balaban J connectivity index is 1.24. The third-order valence-electron chi connectivity index (χ3n) is 17.5. The predicted octanol–water partition coefficient (Wildman–Crippen LogP) is 9.54. The fourth-order valence-electron chi connectivity index (χ4n) is 11.7. The van der Waals surface area contributed by atoms with E-state index in [1.165, 1.54) is 4.90 Å². The second-order valence-electron chi connectivity index (χ2n) is 24.1. The number of rotatable bonds is 12. The Morgan fingerprint density at radius 3 is 2.27 bits per heavy atom. The predicted molar refractivity (Wildman–Crippen MR) is 292 cm³/mol. The fourth-order valence-corrected chi connectivity index (χ4v) is 12.8. The molecule has 2 aromatic rings. The Morgan fingerprint density at radius 2 is 1.60 bits per heavy atom. The standard InChI is InChI=1S/C59H92N2O13Si/c1-15-42-29-36(2)28-37(3)30-51(69-11)54-52(70-12)32-39(5)59(67,74-54)55(64)56(65)61-24-17-16-18-46(61)57(66)73-53(40(6)47(62)35-48(42)63)38(4)31-41-19-22-49(50(33-41)68-10)72-44-20-21-45-43(34-44)23-25-60(45)26-27-71-75(13,14)58(7,8)9/h20-21,23,25,29,31,34,37,39-42,46-47,49-54,62,67H,15-19,22,24,26-28,30,32-33,35H2,1-14H3/b36-29+,38-31+/t37-,39+,40+,41-,42+,46-,47-,49+,50+,51-,52-,53+,54?,59+/m0/s1. The van der Waals surface area contributed by atoms with Crippen molar-refractivity contribution >= 4 is 42.7 Å². The highest BCUT2D eigenvalue weighted by Crippen LogP contribution is 2.41. The molecule has 420 valence electrons. The molecular formula is C59H92N2O13Si. The van der Waals surface area contributed by atoms with E-state index in [0.29, 0.717) is 57.1 Å². The Bertz CT molecular complexity index is 2340. The number of aliphatic hydroxyl groups is 2. The van der Waals surface area contributed by atoms with Crippen LogP contribution in [0.2, 0.25) is 18.1 Å². The lowest BCUT2D eigenvalue weighted by Gasteiger charge is -2.47. The Hall–Kier alpha value is -3.74. The number of esters is 1. The van der Waals surface area contributed by atoms with Crippen molar-refractivity contribution in [1.29, 1.82) is 0 Å². The van der Waals surface area contributed by atoms with Gasteiger partial charge in [0.2, 0.25) is 5.79 Å². The Labute approximate surface area is 448 Å². The Kier molecular flexibility index (Phi) is 20.8. The quantitative estimate of drug-likeness (QED) is 0.0889. The van der Waals surface area contributed by atoms with Gasteiger partial charge in [0.25, 0.3) is 11.7 Å². The maximum absolute atomic E-state index is 14.7. The van der Waals surface area contributed by atoms with E-state index in [0.717, 1.165) is 35.2 Å². The number of Topliss-reactive ketones (excluding diaryl/α,β-unsaturated/α-hetero) is 2. The summed E-state index contributed by atoms with van der Waals surface area (Å²) in [6, 6.07) is 7.14. The molecule has 3 fully saturated rings. The molecule has 0 spiro atoms. The number of amides is 1. The summed E-state index contributed by atoms with van der Waals surface area (Å²) in [5.74, 6) is -6.79. The lowest BCUT2D eigenvalue weighted by atomic mass is 9.81. The number of piperidine rings is 1. The zero-order valence-electron chi connectivity index (χ0n) is 47.7. The van der Waals surface area contributed by atoms with Gasteiger partial charge in [0.15, 0.2) is 8.32 Å². The van der Waals surface area contributed by atoms with Crippen LogP contribution in [-0.2, 0) is 53.8 Å². The summed E-state index contributed by atoms with van der Waals surface area (Å²) in [6.07, 6.45) is 6.58. The van der Waals surface area contributed by atoms with Crippen LogP contribution in [-0.4, -0.2) is 140 Å². The van der Waals surface area contributed by atoms with Gasteiger partial charge >= 0.3 is 5.97 Å². The van der Waals surface area contributed by atoms with Crippen molar-refractivity contribution in [3.8, 4) is 5.75 Å². The highest BCUT2D eigenvalue weighted by Gasteiger charge is 2.57. The minimum atomic E-state index is -2.52. The van der Waals surface area contributed by atoms with E-state index in [4.69, 9.17) is 32.8 Å². The molecule has 2 bridgehead atoms. The number of ether oxygens (including phenoxy) is 6. The number of carbonyl (C=O) groups excluding carboxylic acids is 4. The third kappa shape index (κ3) is 14.3. The average Bonchev–Trinajstić information content (AvgIpc) is 3.77. The summed E-state index contributed by atoms with van der Waals surface area (Å²) in [5.41, 5.74) is 2.80. The number of fused-ring (bicyclic) bond motifs is 4. The number of ketones is 2. The Morgan fingerprint density at radius 1 is 0.907 bits per heavy atom. The molecule has 15 nitrogen and oxygen atoms in total. The first-order valence-electron chi connectivity index (χ1n) is 27.9. The van der Waals surface area contributed by atoms with E-state index in [-0.39, 0.29) is 60.7 Å². The zero-order chi connectivity index (χ0) is 55.2. The van der Waals surface area contributed by atoms with E-state index < -0.39 is 86.1 Å². The molecule has 4 heterocycles. The number of cyclic esters (lactones) is 1. The summed E-state index contributed by atoms with van der Waals surface area (Å²) >= 11 is 0. The van der Waals surface area contributed by atoms with Gasteiger partial charge in [0.1, 0.15) is 35.9 Å². The van der Waals surface area contributed by atoms with Crippen molar-refractivity contribution in [2.45, 2.75) is 212 Å². The minimum absolute atomic E-state index is 0.00232. The number of allylic oxidation sites excluding steroid dienone is 3. The maximum Gasteiger partial charge on any atom is 0.329 e. The van der Waals surface area contributed by atoms with Crippen molar-refractivity contribution in [3.63, 3.8) is 0 Å². The molecule has 0 radical (unpaired) electrons. The van der Waals surface area contributed by atoms with Crippen LogP contribution in [0.15, 0.2) is 53.8 Å². The van der Waals surface area contributed by atoms with Crippen LogP contribution in [0.1, 0.15) is 133 Å². The molecule has 1 saturated carbocycles. The van der Waals surface area contributed by atoms with Crippen LogP contribution in [0, 0.1) is 29.6 Å². The van der Waals surface area contributed by atoms with Gasteiger partial charge < -0.3 is 52.5 Å². The van der Waals surface area contributed by atoms with Crippen LogP contribution in [0.4, 0.5) is 0 Å². The van der Waals surface area contributed by atoms with Crippen molar-refractivity contribution in [3.05, 3.63) is 53.8 Å². The SMILES string of the molecule is CC[C@@H]1/C=C(\C)C[C@H](C)C[C@H](OC)C2O[C@@](O)(C(=O)C(=O)N3CCCC[C@H]3C(=O)O[C@H](/C(C)=C/[C@@H]3CC[C@@H](Oc4ccc5c(ccn5CCO[Si](C)(C)C(C)(C)C)c4)[C@H](OC)C3)[C@H](C)[C@@H](O)CC1=O)[C@H](C)C[C@@H]2OC. The summed E-state index contributed by atoms with van der Waals surface area (Å²) in [4.78, 5) is 58.9. The molecular weight excluding hydrogens is 973 g/mol. The highest BCUT2D eigenvalue weighted by molar-refractivity contribution is 6.74. The monoisotopic (exact) mass is 1060 g/mol. The van der Waals surface area contributed by atoms with Crippen LogP contribution in [0.5, 0.6) is 5.75 Å². The van der Waals surface area contributed by atoms with Crippen LogP contribution in [0.25, 0.3) is 10.9 Å². The maximum atomic E-state index is 14.7. The average molecular weight is 1070 g/mol. The highest BCUT2D eigenvalue weighted by atomic mass is 28.4. The number of hydrogen-bond donors (Lipinski definition) is 2. The molecule has 1 aliphatic carbocycles. The first-order chi connectivity index (χ1) is 35.4.